The van der Waals surface area contributed by atoms with E-state index in [0.717, 1.165) is 7.69 Å². The molecular weight excluding hydrogens is 195 g/mol. The Balaban J connectivity index is 3.90. The van der Waals surface area contributed by atoms with Crippen LogP contribution in [0.25, 0.3) is 0 Å². The Morgan fingerprint density at radius 2 is 1.20 bits per heavy atom. The summed E-state index contributed by atoms with van der Waals surface area (Å²) in [6, 6.07) is 0. The van der Waals surface area contributed by atoms with Crippen LogP contribution in [0.2, 0.25) is 0 Å². The Hall–Kier alpha value is -1.52. The maximum absolute atomic E-state index is 10.6. The van der Waals surface area contributed by atoms with E-state index in [2.05, 4.69) is 0 Å². The second-order valence-electron chi connectivity index (χ2n) is 3.06. The van der Waals surface area contributed by atoms with Gasteiger partial charge in [0.15, 0.2) is 11.6 Å². The zero-order valence-corrected chi connectivity index (χ0v) is 9.37. The van der Waals surface area contributed by atoms with E-state index in [0.29, 0.717) is 11.5 Å². The van der Waals surface area contributed by atoms with Crippen LogP contribution >= 0.6 is 0 Å². The molecule has 0 amide bonds. The van der Waals surface area contributed by atoms with Crippen LogP contribution in [-0.2, 0) is 18.9 Å². The highest BCUT2D eigenvalue weighted by Crippen LogP contribution is 1.98. The van der Waals surface area contributed by atoms with Gasteiger partial charge in [0.1, 0.15) is 0 Å². The molecule has 0 N–H and O–H groups in total. The number of ketones is 2. The van der Waals surface area contributed by atoms with E-state index in [9.17, 15) is 9.59 Å². The van der Waals surface area contributed by atoms with Gasteiger partial charge >= 0.3 is 7.69 Å². The normalized spacial score (nSPS) is 12.0. The van der Waals surface area contributed by atoms with Crippen LogP contribution in [-0.4, -0.2) is 19.3 Å². The Morgan fingerprint density at radius 3 is 1.47 bits per heavy atom. The third-order valence-electron chi connectivity index (χ3n) is 1.28. The van der Waals surface area contributed by atoms with Crippen molar-refractivity contribution in [3.05, 3.63) is 23.7 Å². The first-order valence-corrected chi connectivity index (χ1v) is 4.44. The minimum atomic E-state index is -0.100. The van der Waals surface area contributed by atoms with Crippen molar-refractivity contribution < 1.29 is 18.9 Å². The molecular formula is C10H14BO4. The smallest absolute Gasteiger partial charge is 0.530 e. The molecule has 0 aliphatic heterocycles. The van der Waals surface area contributed by atoms with E-state index >= 15 is 0 Å². The summed E-state index contributed by atoms with van der Waals surface area (Å²) >= 11 is 0. The molecule has 0 rings (SSSR count). The first kappa shape index (κ1) is 13.5. The summed E-state index contributed by atoms with van der Waals surface area (Å²) in [5, 5.41) is 0. The lowest BCUT2D eigenvalue weighted by molar-refractivity contribution is -0.113. The van der Waals surface area contributed by atoms with E-state index in [1.807, 2.05) is 0 Å². The van der Waals surface area contributed by atoms with Gasteiger partial charge in [-0.25, -0.2) is 0 Å². The van der Waals surface area contributed by atoms with Gasteiger partial charge in [-0.1, -0.05) is 0 Å². The van der Waals surface area contributed by atoms with Crippen LogP contribution in [0.1, 0.15) is 27.7 Å². The maximum atomic E-state index is 10.6. The number of hydrogen-bond acceptors (Lipinski definition) is 4. The predicted octanol–water partition coefficient (Wildman–Crippen LogP) is 1.54. The molecule has 0 aliphatic carbocycles. The summed E-state index contributed by atoms with van der Waals surface area (Å²) < 4.78 is 9.89. The van der Waals surface area contributed by atoms with Crippen molar-refractivity contribution in [3.8, 4) is 0 Å². The molecule has 81 valence electrons. The van der Waals surface area contributed by atoms with Crippen molar-refractivity contribution in [3.63, 3.8) is 0 Å². The molecule has 0 bridgehead atoms. The van der Waals surface area contributed by atoms with E-state index < -0.39 is 0 Å². The molecule has 0 saturated carbocycles. The van der Waals surface area contributed by atoms with E-state index in [1.165, 1.54) is 26.0 Å². The molecule has 0 unspecified atom stereocenters. The summed E-state index contributed by atoms with van der Waals surface area (Å²) in [5.41, 5.74) is 0. The summed E-state index contributed by atoms with van der Waals surface area (Å²) in [5.74, 6) is 0.657. The minimum absolute atomic E-state index is 0.100. The van der Waals surface area contributed by atoms with Gasteiger partial charge in [-0.3, -0.25) is 9.59 Å². The highest BCUT2D eigenvalue weighted by atomic mass is 16.6. The molecule has 0 atom stereocenters. The lowest BCUT2D eigenvalue weighted by Crippen LogP contribution is -2.03. The van der Waals surface area contributed by atoms with Crippen LogP contribution in [0.15, 0.2) is 23.7 Å². The second-order valence-corrected chi connectivity index (χ2v) is 3.06. The zero-order valence-electron chi connectivity index (χ0n) is 9.37. The van der Waals surface area contributed by atoms with Crippen molar-refractivity contribution >= 4 is 19.3 Å². The average Bonchev–Trinajstić information content (AvgIpc) is 2.00. The fourth-order valence-electron chi connectivity index (χ4n) is 0.816. The van der Waals surface area contributed by atoms with Gasteiger partial charge in [0.05, 0.1) is 11.5 Å². The van der Waals surface area contributed by atoms with Gasteiger partial charge in [0, 0.05) is 12.2 Å². The third-order valence-corrected chi connectivity index (χ3v) is 1.28. The van der Waals surface area contributed by atoms with Gasteiger partial charge in [0.25, 0.3) is 0 Å². The van der Waals surface area contributed by atoms with Crippen LogP contribution in [0.4, 0.5) is 0 Å². The largest absolute Gasteiger partial charge is 0.657 e. The van der Waals surface area contributed by atoms with Crippen molar-refractivity contribution in [2.45, 2.75) is 27.7 Å². The monoisotopic (exact) mass is 209 g/mol. The molecule has 0 aromatic carbocycles. The van der Waals surface area contributed by atoms with Crippen LogP contribution in [0, 0.1) is 0 Å². The molecule has 0 saturated heterocycles. The molecule has 0 aromatic heterocycles. The topological polar surface area (TPSA) is 52.6 Å². The minimum Gasteiger partial charge on any atom is -0.530 e. The van der Waals surface area contributed by atoms with Gasteiger partial charge in [-0.05, 0) is 27.7 Å². The lowest BCUT2D eigenvalue weighted by Gasteiger charge is -2.05. The molecule has 0 aromatic rings. The van der Waals surface area contributed by atoms with Crippen LogP contribution < -0.4 is 0 Å². The Labute approximate surface area is 90.3 Å². The Bertz CT molecular complexity index is 275. The van der Waals surface area contributed by atoms with E-state index in [-0.39, 0.29) is 11.6 Å². The number of allylic oxidation sites excluding steroid dienone is 4. The number of carbonyl (C=O) groups excluding carboxylic acids is 2. The molecule has 0 spiro atoms. The number of carbonyl (C=O) groups is 2. The lowest BCUT2D eigenvalue weighted by atomic mass is 10.3. The van der Waals surface area contributed by atoms with Crippen molar-refractivity contribution in [1.82, 2.24) is 0 Å². The predicted molar refractivity (Wildman–Crippen MR) is 56.8 cm³/mol. The van der Waals surface area contributed by atoms with Crippen molar-refractivity contribution in [2.24, 2.45) is 0 Å². The number of hydrogen-bond donors (Lipinski definition) is 0. The molecule has 0 heterocycles. The van der Waals surface area contributed by atoms with Gasteiger partial charge in [-0.15, -0.1) is 0 Å². The highest BCUT2D eigenvalue weighted by molar-refractivity contribution is 6.19. The van der Waals surface area contributed by atoms with Crippen LogP contribution in [0.5, 0.6) is 0 Å². The van der Waals surface area contributed by atoms with Gasteiger partial charge < -0.3 is 9.31 Å². The zero-order chi connectivity index (χ0) is 11.8. The van der Waals surface area contributed by atoms with E-state index in [1.54, 1.807) is 13.8 Å². The summed E-state index contributed by atoms with van der Waals surface area (Å²) in [6.45, 7) is 6.11. The van der Waals surface area contributed by atoms with Gasteiger partial charge in [0.2, 0.25) is 0 Å². The molecule has 15 heavy (non-hydrogen) atoms. The number of rotatable bonds is 6. The molecule has 5 heteroatoms. The molecule has 4 nitrogen and oxygen atoms in total. The quantitative estimate of drug-likeness (QED) is 0.378. The van der Waals surface area contributed by atoms with Crippen LogP contribution in [0.3, 0.4) is 0 Å². The standard InChI is InChI=1S/C10H14BO4/c1-7(12)5-9(3)14-11-15-10(4)6-8(2)13/h5-6H,1-4H3/b9-5-,10-6-. The van der Waals surface area contributed by atoms with Gasteiger partial charge in [-0.2, -0.15) is 0 Å². The molecule has 1 radical (unpaired) electrons. The Morgan fingerprint density at radius 1 is 0.867 bits per heavy atom. The third kappa shape index (κ3) is 8.81. The highest BCUT2D eigenvalue weighted by Gasteiger charge is 2.01. The summed E-state index contributed by atoms with van der Waals surface area (Å²) in [6.07, 6.45) is 2.67. The fraction of sp³-hybridized carbons (Fsp3) is 0.400. The molecule has 0 aliphatic rings. The summed E-state index contributed by atoms with van der Waals surface area (Å²) in [4.78, 5) is 21.3. The second kappa shape index (κ2) is 6.87. The van der Waals surface area contributed by atoms with Crippen molar-refractivity contribution in [2.75, 3.05) is 0 Å². The summed E-state index contributed by atoms with van der Waals surface area (Å²) in [7, 11) is 1.07. The maximum Gasteiger partial charge on any atom is 0.657 e. The first-order valence-electron chi connectivity index (χ1n) is 4.44. The van der Waals surface area contributed by atoms with Crippen molar-refractivity contribution in [1.29, 1.82) is 0 Å². The fourth-order valence-corrected chi connectivity index (χ4v) is 0.816. The average molecular weight is 209 g/mol. The first-order chi connectivity index (χ1) is 6.91. The SMILES string of the molecule is CC(=O)/C=C(/C)O[B]O/C(C)=C\C(C)=O. The Kier molecular flexibility index (Phi) is 6.17. The molecule has 0 fully saturated rings. The van der Waals surface area contributed by atoms with E-state index in [4.69, 9.17) is 9.31 Å².